The molecule has 1 unspecified atom stereocenters. The minimum atomic E-state index is 0.241. The van der Waals surface area contributed by atoms with Crippen molar-refractivity contribution in [2.45, 2.75) is 25.8 Å². The van der Waals surface area contributed by atoms with E-state index in [1.54, 1.807) is 13.4 Å². The van der Waals surface area contributed by atoms with Crippen LogP contribution < -0.4 is 10.1 Å². The summed E-state index contributed by atoms with van der Waals surface area (Å²) in [6.07, 6.45) is 3.56. The van der Waals surface area contributed by atoms with Gasteiger partial charge in [-0.25, -0.2) is 0 Å². The molecule has 0 radical (unpaired) electrons. The van der Waals surface area contributed by atoms with E-state index in [1.165, 1.54) is 11.1 Å². The standard InChI is InChI=1S/C16H21NO2/c1-4-15-13(9-10-19-15)14(17-2)11-12-7-5-6-8-16(12)18-3/h5-10,14,17H,4,11H2,1-3H3. The molecule has 1 N–H and O–H groups in total. The molecule has 2 rings (SSSR count). The second kappa shape index (κ2) is 6.43. The number of rotatable bonds is 6. The van der Waals surface area contributed by atoms with Crippen LogP contribution in [0.1, 0.15) is 29.9 Å². The average molecular weight is 259 g/mol. The zero-order valence-corrected chi connectivity index (χ0v) is 11.8. The zero-order chi connectivity index (χ0) is 13.7. The number of hydrogen-bond acceptors (Lipinski definition) is 3. The molecule has 0 aliphatic rings. The van der Waals surface area contributed by atoms with E-state index in [4.69, 9.17) is 9.15 Å². The Morgan fingerprint density at radius 1 is 1.26 bits per heavy atom. The Bertz CT molecular complexity index is 519. The molecule has 102 valence electrons. The number of likely N-dealkylation sites (N-methyl/N-ethyl adjacent to an activating group) is 1. The number of hydrogen-bond donors (Lipinski definition) is 1. The Balaban J connectivity index is 2.24. The third-order valence-corrected chi connectivity index (χ3v) is 3.44. The molecular formula is C16H21NO2. The summed E-state index contributed by atoms with van der Waals surface area (Å²) in [6, 6.07) is 10.4. The van der Waals surface area contributed by atoms with Gasteiger partial charge in [-0.2, -0.15) is 0 Å². The maximum Gasteiger partial charge on any atom is 0.122 e. The van der Waals surface area contributed by atoms with Crippen molar-refractivity contribution in [1.29, 1.82) is 0 Å². The Morgan fingerprint density at radius 3 is 2.74 bits per heavy atom. The highest BCUT2D eigenvalue weighted by Crippen LogP contribution is 2.27. The van der Waals surface area contributed by atoms with Gasteiger partial charge in [0.1, 0.15) is 11.5 Å². The SMILES string of the molecule is CCc1occc1C(Cc1ccccc1OC)NC. The quantitative estimate of drug-likeness (QED) is 0.864. The Morgan fingerprint density at radius 2 is 2.05 bits per heavy atom. The third-order valence-electron chi connectivity index (χ3n) is 3.44. The van der Waals surface area contributed by atoms with Crippen molar-refractivity contribution in [3.63, 3.8) is 0 Å². The van der Waals surface area contributed by atoms with Crippen molar-refractivity contribution in [3.8, 4) is 5.75 Å². The van der Waals surface area contributed by atoms with Gasteiger partial charge in [0.05, 0.1) is 13.4 Å². The van der Waals surface area contributed by atoms with E-state index in [9.17, 15) is 0 Å². The highest BCUT2D eigenvalue weighted by Gasteiger charge is 2.17. The molecule has 19 heavy (non-hydrogen) atoms. The fourth-order valence-electron chi connectivity index (χ4n) is 2.41. The van der Waals surface area contributed by atoms with Crippen LogP contribution in [0.5, 0.6) is 5.75 Å². The number of aryl methyl sites for hydroxylation is 1. The first-order valence-electron chi connectivity index (χ1n) is 6.65. The van der Waals surface area contributed by atoms with E-state index in [-0.39, 0.29) is 6.04 Å². The molecule has 0 saturated carbocycles. The molecule has 0 amide bonds. The first-order valence-corrected chi connectivity index (χ1v) is 6.65. The summed E-state index contributed by atoms with van der Waals surface area (Å²) in [5.74, 6) is 1.98. The minimum absolute atomic E-state index is 0.241. The van der Waals surface area contributed by atoms with Crippen LogP contribution >= 0.6 is 0 Å². The lowest BCUT2D eigenvalue weighted by atomic mass is 9.98. The molecular weight excluding hydrogens is 238 g/mol. The average Bonchev–Trinajstić information content (AvgIpc) is 2.93. The van der Waals surface area contributed by atoms with E-state index in [2.05, 4.69) is 24.4 Å². The second-order valence-corrected chi connectivity index (χ2v) is 4.51. The molecule has 2 aromatic rings. The van der Waals surface area contributed by atoms with Crippen LogP contribution in [-0.2, 0) is 12.8 Å². The first-order chi connectivity index (χ1) is 9.30. The maximum absolute atomic E-state index is 5.52. The smallest absolute Gasteiger partial charge is 0.122 e. The molecule has 1 aromatic heterocycles. The normalized spacial score (nSPS) is 12.4. The van der Waals surface area contributed by atoms with Gasteiger partial charge in [0, 0.05) is 18.0 Å². The lowest BCUT2D eigenvalue weighted by Gasteiger charge is -2.18. The number of methoxy groups -OCH3 is 1. The second-order valence-electron chi connectivity index (χ2n) is 4.51. The van der Waals surface area contributed by atoms with Gasteiger partial charge in [0.2, 0.25) is 0 Å². The van der Waals surface area contributed by atoms with E-state index in [0.29, 0.717) is 0 Å². The largest absolute Gasteiger partial charge is 0.496 e. The van der Waals surface area contributed by atoms with Gasteiger partial charge in [-0.15, -0.1) is 0 Å². The predicted molar refractivity (Wildman–Crippen MR) is 76.6 cm³/mol. The fourth-order valence-corrected chi connectivity index (χ4v) is 2.41. The zero-order valence-electron chi connectivity index (χ0n) is 11.8. The first kappa shape index (κ1) is 13.7. The van der Waals surface area contributed by atoms with E-state index in [1.807, 2.05) is 25.2 Å². The van der Waals surface area contributed by atoms with Crippen LogP contribution in [0.15, 0.2) is 41.0 Å². The molecule has 3 nitrogen and oxygen atoms in total. The maximum atomic E-state index is 5.52. The highest BCUT2D eigenvalue weighted by molar-refractivity contribution is 5.35. The summed E-state index contributed by atoms with van der Waals surface area (Å²) in [4.78, 5) is 0. The van der Waals surface area contributed by atoms with E-state index >= 15 is 0 Å². The molecule has 3 heteroatoms. The van der Waals surface area contributed by atoms with E-state index in [0.717, 1.165) is 24.4 Å². The van der Waals surface area contributed by atoms with Gasteiger partial charge in [-0.1, -0.05) is 25.1 Å². The van der Waals surface area contributed by atoms with Gasteiger partial charge in [0.15, 0.2) is 0 Å². The monoisotopic (exact) mass is 259 g/mol. The third kappa shape index (κ3) is 2.99. The highest BCUT2D eigenvalue weighted by atomic mass is 16.5. The Labute approximate surface area is 114 Å². The van der Waals surface area contributed by atoms with Crippen LogP contribution in [0, 0.1) is 0 Å². The summed E-state index contributed by atoms with van der Waals surface area (Å²) in [6.45, 7) is 2.11. The van der Waals surface area contributed by atoms with Gasteiger partial charge in [0.25, 0.3) is 0 Å². The van der Waals surface area contributed by atoms with Crippen molar-refractivity contribution in [2.24, 2.45) is 0 Å². The summed E-state index contributed by atoms with van der Waals surface area (Å²) >= 11 is 0. The number of furan rings is 1. The molecule has 1 atom stereocenters. The molecule has 0 aliphatic carbocycles. The molecule has 1 aromatic carbocycles. The van der Waals surface area contributed by atoms with Gasteiger partial charge in [-0.05, 0) is 31.2 Å². The Kier molecular flexibility index (Phi) is 4.63. The van der Waals surface area contributed by atoms with Crippen LogP contribution in [-0.4, -0.2) is 14.2 Å². The number of nitrogens with one attached hydrogen (secondary N) is 1. The minimum Gasteiger partial charge on any atom is -0.496 e. The number of benzene rings is 1. The molecule has 0 saturated heterocycles. The summed E-state index contributed by atoms with van der Waals surface area (Å²) < 4.78 is 10.9. The molecule has 0 aliphatic heterocycles. The fraction of sp³-hybridized carbons (Fsp3) is 0.375. The lowest BCUT2D eigenvalue weighted by molar-refractivity contribution is 0.406. The van der Waals surface area contributed by atoms with Crippen molar-refractivity contribution < 1.29 is 9.15 Å². The van der Waals surface area contributed by atoms with Crippen molar-refractivity contribution in [1.82, 2.24) is 5.32 Å². The van der Waals surface area contributed by atoms with Gasteiger partial charge in [-0.3, -0.25) is 0 Å². The van der Waals surface area contributed by atoms with E-state index < -0.39 is 0 Å². The molecule has 0 fully saturated rings. The molecule has 0 bridgehead atoms. The predicted octanol–water partition coefficient (Wildman–Crippen LogP) is 3.35. The van der Waals surface area contributed by atoms with Crippen LogP contribution in [0.25, 0.3) is 0 Å². The topological polar surface area (TPSA) is 34.4 Å². The molecule has 0 spiro atoms. The van der Waals surface area contributed by atoms with Gasteiger partial charge < -0.3 is 14.5 Å². The number of ether oxygens (including phenoxy) is 1. The summed E-state index contributed by atoms with van der Waals surface area (Å²) in [5, 5.41) is 3.36. The number of para-hydroxylation sites is 1. The van der Waals surface area contributed by atoms with Crippen LogP contribution in [0.4, 0.5) is 0 Å². The van der Waals surface area contributed by atoms with Gasteiger partial charge >= 0.3 is 0 Å². The summed E-state index contributed by atoms with van der Waals surface area (Å²) in [5.41, 5.74) is 2.43. The van der Waals surface area contributed by atoms with Crippen molar-refractivity contribution >= 4 is 0 Å². The summed E-state index contributed by atoms with van der Waals surface area (Å²) in [7, 11) is 3.69. The van der Waals surface area contributed by atoms with Crippen LogP contribution in [0.3, 0.4) is 0 Å². The molecule has 1 heterocycles. The van der Waals surface area contributed by atoms with Crippen LogP contribution in [0.2, 0.25) is 0 Å². The Hall–Kier alpha value is -1.74. The van der Waals surface area contributed by atoms with Crippen molar-refractivity contribution in [3.05, 3.63) is 53.5 Å². The van der Waals surface area contributed by atoms with Crippen molar-refractivity contribution in [2.75, 3.05) is 14.2 Å². The lowest BCUT2D eigenvalue weighted by Crippen LogP contribution is -2.19.